The molecule has 0 saturated carbocycles. The van der Waals surface area contributed by atoms with E-state index in [2.05, 4.69) is 31.2 Å². The molecule has 20 heavy (non-hydrogen) atoms. The van der Waals surface area contributed by atoms with Crippen molar-refractivity contribution in [3.05, 3.63) is 27.1 Å². The summed E-state index contributed by atoms with van der Waals surface area (Å²) < 4.78 is 5.74. The monoisotopic (exact) mass is 342 g/mol. The number of imidazole rings is 1. The van der Waals surface area contributed by atoms with E-state index in [-0.39, 0.29) is 30.7 Å². The number of anilines is 1. The molecule has 8 heteroatoms. The Labute approximate surface area is 123 Å². The van der Waals surface area contributed by atoms with Gasteiger partial charge in [-0.3, -0.25) is 4.79 Å². The topological polar surface area (TPSA) is 113 Å². The van der Waals surface area contributed by atoms with Crippen molar-refractivity contribution in [3.8, 4) is 0 Å². The molecule has 1 amide bonds. The molecule has 108 valence electrons. The van der Waals surface area contributed by atoms with E-state index in [1.165, 1.54) is 7.11 Å². The summed E-state index contributed by atoms with van der Waals surface area (Å²) >= 11 is 3.35. The Bertz CT molecular complexity index is 675. The first-order chi connectivity index (χ1) is 9.53. The Hall–Kier alpha value is -1.64. The van der Waals surface area contributed by atoms with Crippen molar-refractivity contribution in [1.82, 2.24) is 9.97 Å². The number of amides is 1. The predicted octanol–water partition coefficient (Wildman–Crippen LogP) is 0.921. The molecule has 0 aliphatic heterocycles. The van der Waals surface area contributed by atoms with Crippen LogP contribution in [0.15, 0.2) is 21.4 Å². The minimum absolute atomic E-state index is 0.168. The standard InChI is InChI=1S/C12H15BrN4O3/c1-20-6(5-14)2-11(18)15-8-4-10-9(3-7(8)13)16-12(19)17-10/h3-4,6H,2,5,14H2,1H3,(H,15,18)(H2,16,17,19). The first kappa shape index (κ1) is 14.8. The van der Waals surface area contributed by atoms with Crippen LogP contribution in [0.1, 0.15) is 6.42 Å². The molecule has 1 unspecified atom stereocenters. The number of nitrogens with one attached hydrogen (secondary N) is 3. The molecule has 0 spiro atoms. The third-order valence-electron chi connectivity index (χ3n) is 2.89. The maximum Gasteiger partial charge on any atom is 0.323 e. The fourth-order valence-corrected chi connectivity index (χ4v) is 2.27. The number of aromatic amines is 2. The molecule has 1 aromatic heterocycles. The van der Waals surface area contributed by atoms with E-state index in [4.69, 9.17) is 10.5 Å². The molecule has 7 nitrogen and oxygen atoms in total. The highest BCUT2D eigenvalue weighted by molar-refractivity contribution is 9.10. The van der Waals surface area contributed by atoms with Crippen molar-refractivity contribution in [3.63, 3.8) is 0 Å². The summed E-state index contributed by atoms with van der Waals surface area (Å²) in [6, 6.07) is 3.40. The second kappa shape index (κ2) is 6.21. The van der Waals surface area contributed by atoms with Gasteiger partial charge in [-0.2, -0.15) is 0 Å². The number of rotatable bonds is 5. The molecule has 0 aliphatic rings. The van der Waals surface area contributed by atoms with E-state index >= 15 is 0 Å². The number of hydrogen-bond donors (Lipinski definition) is 4. The Kier molecular flexibility index (Phi) is 4.58. The molecule has 0 saturated heterocycles. The third-order valence-corrected chi connectivity index (χ3v) is 3.54. The number of fused-ring (bicyclic) bond motifs is 1. The van der Waals surface area contributed by atoms with Gasteiger partial charge in [-0.25, -0.2) is 4.79 Å². The molecule has 1 heterocycles. The van der Waals surface area contributed by atoms with E-state index in [0.29, 0.717) is 21.2 Å². The van der Waals surface area contributed by atoms with Gasteiger partial charge in [-0.05, 0) is 28.1 Å². The van der Waals surface area contributed by atoms with Crippen LogP contribution in [0.3, 0.4) is 0 Å². The summed E-state index contributed by atoms with van der Waals surface area (Å²) in [6.07, 6.45) is -0.147. The molecular weight excluding hydrogens is 328 g/mol. The molecule has 2 aromatic rings. The Morgan fingerprint density at radius 1 is 1.45 bits per heavy atom. The number of carbonyl (C=O) groups is 1. The number of benzene rings is 1. The van der Waals surface area contributed by atoms with Gasteiger partial charge in [-0.1, -0.05) is 0 Å². The Morgan fingerprint density at radius 2 is 2.10 bits per heavy atom. The van der Waals surface area contributed by atoms with Crippen LogP contribution in [0.4, 0.5) is 5.69 Å². The molecule has 0 aliphatic carbocycles. The smallest absolute Gasteiger partial charge is 0.323 e. The largest absolute Gasteiger partial charge is 0.380 e. The van der Waals surface area contributed by atoms with Gasteiger partial charge >= 0.3 is 5.69 Å². The number of methoxy groups -OCH3 is 1. The van der Waals surface area contributed by atoms with Crippen LogP contribution in [-0.2, 0) is 9.53 Å². The lowest BCUT2D eigenvalue weighted by atomic mass is 10.2. The summed E-state index contributed by atoms with van der Waals surface area (Å²) in [6.45, 7) is 0.273. The van der Waals surface area contributed by atoms with Gasteiger partial charge in [0.2, 0.25) is 5.91 Å². The van der Waals surface area contributed by atoms with Crippen molar-refractivity contribution >= 4 is 38.6 Å². The van der Waals surface area contributed by atoms with Gasteiger partial charge in [0, 0.05) is 18.1 Å². The number of carbonyl (C=O) groups excluding carboxylic acids is 1. The summed E-state index contributed by atoms with van der Waals surface area (Å²) in [5.74, 6) is -0.208. The first-order valence-electron chi connectivity index (χ1n) is 5.97. The van der Waals surface area contributed by atoms with Crippen molar-refractivity contribution < 1.29 is 9.53 Å². The van der Waals surface area contributed by atoms with Crippen molar-refractivity contribution in [2.45, 2.75) is 12.5 Å². The summed E-state index contributed by atoms with van der Waals surface area (Å²) in [7, 11) is 1.51. The number of aromatic nitrogens is 2. The van der Waals surface area contributed by atoms with Gasteiger partial charge in [0.1, 0.15) is 0 Å². The van der Waals surface area contributed by atoms with E-state index in [0.717, 1.165) is 0 Å². The van der Waals surface area contributed by atoms with Crippen LogP contribution in [0.2, 0.25) is 0 Å². The molecule has 1 atom stereocenters. The average Bonchev–Trinajstić information content (AvgIpc) is 2.75. The van der Waals surface area contributed by atoms with Crippen LogP contribution in [0, 0.1) is 0 Å². The summed E-state index contributed by atoms with van der Waals surface area (Å²) in [4.78, 5) is 28.4. The van der Waals surface area contributed by atoms with E-state index in [1.54, 1.807) is 12.1 Å². The highest BCUT2D eigenvalue weighted by Crippen LogP contribution is 2.26. The maximum absolute atomic E-state index is 11.9. The molecular formula is C12H15BrN4O3. The van der Waals surface area contributed by atoms with Crippen LogP contribution in [-0.4, -0.2) is 35.6 Å². The normalized spacial score (nSPS) is 12.6. The minimum Gasteiger partial charge on any atom is -0.380 e. The number of ether oxygens (including phenoxy) is 1. The average molecular weight is 343 g/mol. The molecule has 0 fully saturated rings. The number of nitrogens with two attached hydrogens (primary N) is 1. The zero-order chi connectivity index (χ0) is 14.7. The molecule has 5 N–H and O–H groups in total. The number of H-pyrrole nitrogens is 2. The summed E-state index contributed by atoms with van der Waals surface area (Å²) in [5.41, 5.74) is 7.04. The zero-order valence-electron chi connectivity index (χ0n) is 10.8. The fraction of sp³-hybridized carbons (Fsp3) is 0.333. The van der Waals surface area contributed by atoms with E-state index in [9.17, 15) is 9.59 Å². The molecule has 1 aromatic carbocycles. The number of hydrogen-bond acceptors (Lipinski definition) is 4. The van der Waals surface area contributed by atoms with Crippen LogP contribution in [0.5, 0.6) is 0 Å². The zero-order valence-corrected chi connectivity index (χ0v) is 12.4. The van der Waals surface area contributed by atoms with Gasteiger partial charge in [0.25, 0.3) is 0 Å². The SMILES string of the molecule is COC(CN)CC(=O)Nc1cc2[nH]c(=O)[nH]c2cc1Br. The van der Waals surface area contributed by atoms with Gasteiger partial charge < -0.3 is 25.8 Å². The van der Waals surface area contributed by atoms with E-state index < -0.39 is 0 Å². The lowest BCUT2D eigenvalue weighted by molar-refractivity contribution is -0.118. The second-order valence-electron chi connectivity index (χ2n) is 4.30. The van der Waals surface area contributed by atoms with Crippen molar-refractivity contribution in [2.75, 3.05) is 19.0 Å². The fourth-order valence-electron chi connectivity index (χ4n) is 1.82. The molecule has 2 rings (SSSR count). The van der Waals surface area contributed by atoms with Gasteiger partial charge in [0.15, 0.2) is 0 Å². The van der Waals surface area contributed by atoms with Gasteiger partial charge in [0.05, 0.1) is 29.2 Å². The maximum atomic E-state index is 11.9. The lowest BCUT2D eigenvalue weighted by Gasteiger charge is -2.13. The number of halogens is 1. The summed E-state index contributed by atoms with van der Waals surface area (Å²) in [5, 5.41) is 2.75. The highest BCUT2D eigenvalue weighted by atomic mass is 79.9. The Balaban J connectivity index is 2.18. The Morgan fingerprint density at radius 3 is 2.70 bits per heavy atom. The quantitative estimate of drug-likeness (QED) is 0.647. The van der Waals surface area contributed by atoms with Crippen LogP contribution >= 0.6 is 15.9 Å². The minimum atomic E-state index is -0.315. The van der Waals surface area contributed by atoms with Crippen LogP contribution < -0.4 is 16.7 Å². The van der Waals surface area contributed by atoms with Crippen LogP contribution in [0.25, 0.3) is 11.0 Å². The van der Waals surface area contributed by atoms with Crippen molar-refractivity contribution in [2.24, 2.45) is 5.73 Å². The highest BCUT2D eigenvalue weighted by Gasteiger charge is 2.13. The third kappa shape index (κ3) is 3.27. The second-order valence-corrected chi connectivity index (χ2v) is 5.16. The molecule has 0 radical (unpaired) electrons. The lowest BCUT2D eigenvalue weighted by Crippen LogP contribution is -2.28. The predicted molar refractivity (Wildman–Crippen MR) is 79.7 cm³/mol. The van der Waals surface area contributed by atoms with Gasteiger partial charge in [-0.15, -0.1) is 0 Å². The molecule has 0 bridgehead atoms. The first-order valence-corrected chi connectivity index (χ1v) is 6.77. The van der Waals surface area contributed by atoms with Crippen molar-refractivity contribution in [1.29, 1.82) is 0 Å². The van der Waals surface area contributed by atoms with E-state index in [1.807, 2.05) is 0 Å².